The number of carbonyl (C=O) groups excluding carboxylic acids is 1. The zero-order chi connectivity index (χ0) is 17.4. The molecule has 0 atom stereocenters. The zero-order valence-corrected chi connectivity index (χ0v) is 16.1. The summed E-state index contributed by atoms with van der Waals surface area (Å²) in [6.45, 7) is 7.30. The van der Waals surface area contributed by atoms with Gasteiger partial charge in [0, 0.05) is 17.7 Å². The monoisotopic (exact) mass is 352 g/mol. The normalized spacial score (nSPS) is 10.4. The molecule has 2 aromatic carbocycles. The number of benzene rings is 2. The van der Waals surface area contributed by atoms with Crippen molar-refractivity contribution in [2.45, 2.75) is 20.8 Å². The molecule has 0 aliphatic rings. The SMILES string of the molecule is CCOc1cc(OCC)c([P-]C(=O)c2ccccc2)c(OCC)c1.[Li+]. The molecule has 0 aliphatic heterocycles. The Balaban J connectivity index is 0.00000312. The molecule has 0 unspecified atom stereocenters. The van der Waals surface area contributed by atoms with E-state index in [2.05, 4.69) is 0 Å². The molecular weight excluding hydrogens is 330 g/mol. The van der Waals surface area contributed by atoms with Crippen molar-refractivity contribution in [3.8, 4) is 17.2 Å². The van der Waals surface area contributed by atoms with Crippen molar-refractivity contribution in [2.75, 3.05) is 19.8 Å². The summed E-state index contributed by atoms with van der Waals surface area (Å²) in [7, 11) is 0.520. The third-order valence-electron chi connectivity index (χ3n) is 3.16. The summed E-state index contributed by atoms with van der Waals surface area (Å²) < 4.78 is 17.0. The fourth-order valence-corrected chi connectivity index (χ4v) is 3.16. The van der Waals surface area contributed by atoms with Gasteiger partial charge < -0.3 is 27.6 Å². The second-order valence-electron chi connectivity index (χ2n) is 4.85. The minimum atomic E-state index is 0. The first-order chi connectivity index (χ1) is 11.7. The molecule has 128 valence electrons. The first kappa shape index (κ1) is 21.6. The van der Waals surface area contributed by atoms with E-state index in [4.69, 9.17) is 14.2 Å². The Morgan fingerprint density at radius 3 is 1.88 bits per heavy atom. The van der Waals surface area contributed by atoms with Crippen LogP contribution in [0.3, 0.4) is 0 Å². The molecule has 2 aromatic rings. The van der Waals surface area contributed by atoms with Gasteiger partial charge in [0.15, 0.2) is 0 Å². The Hall–Kier alpha value is -1.46. The van der Waals surface area contributed by atoms with Crippen LogP contribution in [0.25, 0.3) is 0 Å². The summed E-state index contributed by atoms with van der Waals surface area (Å²) in [4.78, 5) is 12.6. The standard InChI is InChI=1S/C19H22O4P.Li/c1-4-21-15-12-16(22-5-2)18(17(13-15)23-6-3)24-19(20)14-10-8-7-9-11-14;/h7-13H,4-6H2,1-3H3;/q-1;+1. The van der Waals surface area contributed by atoms with Crippen LogP contribution in [0.2, 0.25) is 0 Å². The average molecular weight is 352 g/mol. The molecule has 0 heterocycles. The first-order valence-corrected chi connectivity index (χ1v) is 8.96. The van der Waals surface area contributed by atoms with E-state index in [1.807, 2.05) is 63.2 Å². The maximum Gasteiger partial charge on any atom is 1.00 e. The molecule has 0 fully saturated rings. The van der Waals surface area contributed by atoms with Crippen molar-refractivity contribution in [3.05, 3.63) is 48.0 Å². The first-order valence-electron chi connectivity index (χ1n) is 8.07. The summed E-state index contributed by atoms with van der Waals surface area (Å²) >= 11 is 0. The number of rotatable bonds is 9. The van der Waals surface area contributed by atoms with Crippen molar-refractivity contribution >= 4 is 19.4 Å². The summed E-state index contributed by atoms with van der Waals surface area (Å²) in [6, 6.07) is 12.9. The molecule has 0 radical (unpaired) electrons. The summed E-state index contributed by atoms with van der Waals surface area (Å²) in [6.07, 6.45) is 0. The topological polar surface area (TPSA) is 44.8 Å². The van der Waals surface area contributed by atoms with Gasteiger partial charge in [-0.05, 0) is 26.3 Å². The molecule has 4 nitrogen and oxygen atoms in total. The van der Waals surface area contributed by atoms with Gasteiger partial charge in [-0.3, -0.25) is 0 Å². The largest absolute Gasteiger partial charge is 1.00 e. The number of carbonyl (C=O) groups is 1. The van der Waals surface area contributed by atoms with Crippen LogP contribution in [0.1, 0.15) is 31.1 Å². The predicted octanol–water partition coefficient (Wildman–Crippen LogP) is 1.30. The fourth-order valence-electron chi connectivity index (χ4n) is 2.20. The second kappa shape index (κ2) is 11.2. The van der Waals surface area contributed by atoms with E-state index < -0.39 is 0 Å². The van der Waals surface area contributed by atoms with Gasteiger partial charge in [-0.25, -0.2) is 0 Å². The molecule has 25 heavy (non-hydrogen) atoms. The minimum Gasteiger partial charge on any atom is -0.496 e. The smallest absolute Gasteiger partial charge is 0.496 e. The molecule has 0 aromatic heterocycles. The van der Waals surface area contributed by atoms with E-state index in [0.717, 1.165) is 5.30 Å². The zero-order valence-electron chi connectivity index (χ0n) is 15.2. The van der Waals surface area contributed by atoms with Crippen molar-refractivity contribution < 1.29 is 37.9 Å². The molecule has 0 saturated heterocycles. The molecule has 0 saturated carbocycles. The van der Waals surface area contributed by atoms with Gasteiger partial charge in [-0.2, -0.15) is 0 Å². The average Bonchev–Trinajstić information content (AvgIpc) is 2.59. The van der Waals surface area contributed by atoms with Crippen LogP contribution < -0.4 is 38.4 Å². The Morgan fingerprint density at radius 1 is 0.880 bits per heavy atom. The van der Waals surface area contributed by atoms with E-state index in [1.54, 1.807) is 0 Å². The fraction of sp³-hybridized carbons (Fsp3) is 0.316. The Kier molecular flexibility index (Phi) is 9.68. The van der Waals surface area contributed by atoms with Crippen LogP contribution in [-0.4, -0.2) is 25.3 Å². The van der Waals surface area contributed by atoms with Crippen LogP contribution in [0, 0.1) is 0 Å². The molecule has 6 heteroatoms. The van der Waals surface area contributed by atoms with Crippen LogP contribution in [0.4, 0.5) is 0 Å². The van der Waals surface area contributed by atoms with Gasteiger partial charge in [-0.15, -0.1) is 5.30 Å². The molecule has 0 amide bonds. The van der Waals surface area contributed by atoms with Crippen molar-refractivity contribution in [1.82, 2.24) is 0 Å². The molecule has 0 spiro atoms. The van der Waals surface area contributed by atoms with Crippen LogP contribution >= 0.6 is 8.58 Å². The third kappa shape index (κ3) is 6.08. The van der Waals surface area contributed by atoms with E-state index >= 15 is 0 Å². The van der Waals surface area contributed by atoms with Crippen molar-refractivity contribution in [2.24, 2.45) is 0 Å². The maximum absolute atomic E-state index is 12.6. The van der Waals surface area contributed by atoms with E-state index in [0.29, 0.717) is 51.2 Å². The molecule has 2 rings (SSSR count). The molecule has 0 aliphatic carbocycles. The number of hydrogen-bond acceptors (Lipinski definition) is 4. The van der Waals surface area contributed by atoms with Gasteiger partial charge in [-0.1, -0.05) is 30.3 Å². The predicted molar refractivity (Wildman–Crippen MR) is 97.3 cm³/mol. The van der Waals surface area contributed by atoms with Crippen LogP contribution in [0.15, 0.2) is 42.5 Å². The van der Waals surface area contributed by atoms with Gasteiger partial charge in [0.1, 0.15) is 5.75 Å². The van der Waals surface area contributed by atoms with E-state index in [-0.39, 0.29) is 24.4 Å². The van der Waals surface area contributed by atoms with Gasteiger partial charge in [0.25, 0.3) is 0 Å². The molecule has 0 bridgehead atoms. The maximum atomic E-state index is 12.6. The number of hydrogen-bond donors (Lipinski definition) is 0. The molecular formula is C19H22LiO4P. The van der Waals surface area contributed by atoms with Gasteiger partial charge in [0.2, 0.25) is 0 Å². The molecule has 0 N–H and O–H groups in total. The van der Waals surface area contributed by atoms with Crippen LogP contribution in [-0.2, 0) is 0 Å². The van der Waals surface area contributed by atoms with Gasteiger partial charge >= 0.3 is 18.9 Å². The van der Waals surface area contributed by atoms with Crippen molar-refractivity contribution in [3.63, 3.8) is 0 Å². The van der Waals surface area contributed by atoms with Gasteiger partial charge in [0.05, 0.1) is 31.3 Å². The summed E-state index contributed by atoms with van der Waals surface area (Å²) in [5, 5.41) is 0.732. The quantitative estimate of drug-likeness (QED) is 0.504. The second-order valence-corrected chi connectivity index (χ2v) is 5.93. The Morgan fingerprint density at radius 2 is 1.40 bits per heavy atom. The Bertz CT molecular complexity index is 649. The Labute approximate surface area is 163 Å². The summed E-state index contributed by atoms with van der Waals surface area (Å²) in [5.41, 5.74) is 0.666. The van der Waals surface area contributed by atoms with E-state index in [9.17, 15) is 4.79 Å². The van der Waals surface area contributed by atoms with Crippen LogP contribution in [0.5, 0.6) is 17.2 Å². The number of ether oxygens (including phenoxy) is 3. The van der Waals surface area contributed by atoms with E-state index in [1.165, 1.54) is 0 Å². The van der Waals surface area contributed by atoms with Crippen molar-refractivity contribution in [1.29, 1.82) is 0 Å². The summed E-state index contributed by atoms with van der Waals surface area (Å²) in [5.74, 6) is 1.92. The third-order valence-corrected chi connectivity index (χ3v) is 4.28. The minimum absolute atomic E-state index is 0.